The number of hydrogen-bond donors (Lipinski definition) is 0. The molecule has 0 bridgehead atoms. The molecule has 5 heteroatoms. The van der Waals surface area contributed by atoms with Crippen molar-refractivity contribution in [1.82, 2.24) is 14.9 Å². The van der Waals surface area contributed by atoms with E-state index in [-0.39, 0.29) is 5.91 Å². The second-order valence-electron chi connectivity index (χ2n) is 5.90. The first-order valence-corrected chi connectivity index (χ1v) is 8.68. The Hall–Kier alpha value is -1.75. The van der Waals surface area contributed by atoms with Gasteiger partial charge in [-0.15, -0.1) is 11.3 Å². The summed E-state index contributed by atoms with van der Waals surface area (Å²) in [6.45, 7) is 1.97. The van der Waals surface area contributed by atoms with E-state index in [1.165, 1.54) is 19.3 Å². The standard InChI is InChI=1S/C17H21N3OS/c1-12-16(22-11-19-12)15-10-13(8-9-18-15)17(21)20(2)14-6-4-3-5-7-14/h8-11,14H,3-7H2,1-2H3. The lowest BCUT2D eigenvalue weighted by Gasteiger charge is -2.31. The summed E-state index contributed by atoms with van der Waals surface area (Å²) in [5, 5.41) is 0. The third-order valence-electron chi connectivity index (χ3n) is 4.43. The molecule has 22 heavy (non-hydrogen) atoms. The fraction of sp³-hybridized carbons (Fsp3) is 0.471. The summed E-state index contributed by atoms with van der Waals surface area (Å²) in [7, 11) is 1.93. The van der Waals surface area contributed by atoms with E-state index in [4.69, 9.17) is 0 Å². The van der Waals surface area contributed by atoms with Crippen LogP contribution in [0.1, 0.15) is 48.2 Å². The number of hydrogen-bond acceptors (Lipinski definition) is 4. The lowest BCUT2D eigenvalue weighted by Crippen LogP contribution is -2.38. The largest absolute Gasteiger partial charge is 0.339 e. The highest BCUT2D eigenvalue weighted by molar-refractivity contribution is 7.13. The Kier molecular flexibility index (Phi) is 4.52. The highest BCUT2D eigenvalue weighted by Gasteiger charge is 2.23. The molecule has 2 aromatic rings. The first-order chi connectivity index (χ1) is 10.7. The fourth-order valence-electron chi connectivity index (χ4n) is 3.07. The normalized spacial score (nSPS) is 15.7. The molecular weight excluding hydrogens is 294 g/mol. The summed E-state index contributed by atoms with van der Waals surface area (Å²) < 4.78 is 0. The van der Waals surface area contributed by atoms with Gasteiger partial charge in [-0.05, 0) is 31.9 Å². The number of aromatic nitrogens is 2. The van der Waals surface area contributed by atoms with E-state index >= 15 is 0 Å². The van der Waals surface area contributed by atoms with Gasteiger partial charge in [0.15, 0.2) is 0 Å². The molecule has 1 saturated carbocycles. The zero-order valence-electron chi connectivity index (χ0n) is 13.1. The monoisotopic (exact) mass is 315 g/mol. The van der Waals surface area contributed by atoms with Crippen LogP contribution < -0.4 is 0 Å². The average Bonchev–Trinajstić information content (AvgIpc) is 3.00. The van der Waals surface area contributed by atoms with Crippen molar-refractivity contribution >= 4 is 17.2 Å². The maximum atomic E-state index is 12.7. The van der Waals surface area contributed by atoms with Crippen LogP contribution in [0.5, 0.6) is 0 Å². The molecule has 0 atom stereocenters. The number of aryl methyl sites for hydroxylation is 1. The topological polar surface area (TPSA) is 46.1 Å². The van der Waals surface area contributed by atoms with E-state index < -0.39 is 0 Å². The van der Waals surface area contributed by atoms with Gasteiger partial charge in [0.1, 0.15) is 0 Å². The third kappa shape index (κ3) is 3.04. The van der Waals surface area contributed by atoms with E-state index in [1.807, 2.05) is 36.5 Å². The molecule has 2 aromatic heterocycles. The van der Waals surface area contributed by atoms with Crippen LogP contribution >= 0.6 is 11.3 Å². The van der Waals surface area contributed by atoms with Crippen molar-refractivity contribution < 1.29 is 4.79 Å². The minimum atomic E-state index is 0.0951. The molecule has 3 rings (SSSR count). The van der Waals surface area contributed by atoms with E-state index in [0.29, 0.717) is 11.6 Å². The molecule has 116 valence electrons. The smallest absolute Gasteiger partial charge is 0.253 e. The van der Waals surface area contributed by atoms with Gasteiger partial charge in [0.2, 0.25) is 0 Å². The number of amides is 1. The van der Waals surface area contributed by atoms with Gasteiger partial charge in [0.05, 0.1) is 21.8 Å². The molecule has 1 fully saturated rings. The van der Waals surface area contributed by atoms with Crippen LogP contribution in [0.15, 0.2) is 23.8 Å². The van der Waals surface area contributed by atoms with Crippen molar-refractivity contribution in [2.45, 2.75) is 45.1 Å². The Labute approximate surface area is 135 Å². The molecule has 0 N–H and O–H groups in total. The van der Waals surface area contributed by atoms with Crippen molar-refractivity contribution in [3.8, 4) is 10.6 Å². The van der Waals surface area contributed by atoms with E-state index in [9.17, 15) is 4.79 Å². The molecule has 4 nitrogen and oxygen atoms in total. The molecule has 1 aliphatic rings. The molecule has 0 aromatic carbocycles. The van der Waals surface area contributed by atoms with Crippen molar-refractivity contribution in [2.24, 2.45) is 0 Å². The lowest BCUT2D eigenvalue weighted by molar-refractivity contribution is 0.0696. The van der Waals surface area contributed by atoms with Gasteiger partial charge in [0.25, 0.3) is 5.91 Å². The van der Waals surface area contributed by atoms with E-state index in [1.54, 1.807) is 17.5 Å². The number of carbonyl (C=O) groups excluding carboxylic acids is 1. The quantitative estimate of drug-likeness (QED) is 0.862. The number of rotatable bonds is 3. The van der Waals surface area contributed by atoms with Crippen molar-refractivity contribution in [1.29, 1.82) is 0 Å². The molecular formula is C17H21N3OS. The number of carbonyl (C=O) groups is 1. The van der Waals surface area contributed by atoms with Crippen molar-refractivity contribution in [3.63, 3.8) is 0 Å². The SMILES string of the molecule is Cc1ncsc1-c1cc(C(=O)N(C)C2CCCCC2)ccn1. The summed E-state index contributed by atoms with van der Waals surface area (Å²) in [6.07, 6.45) is 7.70. The van der Waals surface area contributed by atoms with Gasteiger partial charge in [-0.1, -0.05) is 19.3 Å². The van der Waals surface area contributed by atoms with Gasteiger partial charge >= 0.3 is 0 Å². The van der Waals surface area contributed by atoms with Crippen molar-refractivity contribution in [3.05, 3.63) is 35.1 Å². The van der Waals surface area contributed by atoms with E-state index in [2.05, 4.69) is 9.97 Å². The van der Waals surface area contributed by atoms with Crippen molar-refractivity contribution in [2.75, 3.05) is 7.05 Å². The third-order valence-corrected chi connectivity index (χ3v) is 5.38. The van der Waals surface area contributed by atoms with Crippen LogP contribution in [-0.4, -0.2) is 33.9 Å². The molecule has 0 unspecified atom stereocenters. The number of nitrogens with zero attached hydrogens (tertiary/aromatic N) is 3. The van der Waals surface area contributed by atoms with Gasteiger partial charge in [0, 0.05) is 24.8 Å². The maximum absolute atomic E-state index is 12.7. The highest BCUT2D eigenvalue weighted by atomic mass is 32.1. The first kappa shape index (κ1) is 15.2. The van der Waals surface area contributed by atoms with E-state index in [0.717, 1.165) is 29.1 Å². The number of thiazole rings is 1. The van der Waals surface area contributed by atoms with Crippen LogP contribution in [0.3, 0.4) is 0 Å². The molecule has 0 radical (unpaired) electrons. The summed E-state index contributed by atoms with van der Waals surface area (Å²) in [4.78, 5) is 24.3. The highest BCUT2D eigenvalue weighted by Crippen LogP contribution is 2.27. The Bertz CT molecular complexity index is 661. The molecule has 0 aliphatic heterocycles. The minimum Gasteiger partial charge on any atom is -0.339 e. The predicted octanol–water partition coefficient (Wildman–Crippen LogP) is 3.92. The van der Waals surface area contributed by atoms with Gasteiger partial charge < -0.3 is 4.90 Å². The summed E-state index contributed by atoms with van der Waals surface area (Å²) in [5.41, 5.74) is 4.33. The van der Waals surface area contributed by atoms with Gasteiger partial charge in [-0.3, -0.25) is 9.78 Å². The van der Waals surface area contributed by atoms with Crippen LogP contribution in [0.25, 0.3) is 10.6 Å². The van der Waals surface area contributed by atoms with Crippen LogP contribution in [0, 0.1) is 6.92 Å². The second kappa shape index (κ2) is 6.57. The Morgan fingerprint density at radius 1 is 1.27 bits per heavy atom. The second-order valence-corrected chi connectivity index (χ2v) is 6.76. The summed E-state index contributed by atoms with van der Waals surface area (Å²) in [6, 6.07) is 4.08. The molecule has 0 spiro atoms. The minimum absolute atomic E-state index is 0.0951. The Morgan fingerprint density at radius 3 is 2.73 bits per heavy atom. The summed E-state index contributed by atoms with van der Waals surface area (Å²) >= 11 is 1.56. The lowest BCUT2D eigenvalue weighted by atomic mass is 9.94. The molecule has 1 amide bonds. The first-order valence-electron chi connectivity index (χ1n) is 7.80. The molecule has 0 saturated heterocycles. The van der Waals surface area contributed by atoms with Gasteiger partial charge in [-0.25, -0.2) is 4.98 Å². The average molecular weight is 315 g/mol. The molecule has 2 heterocycles. The number of pyridine rings is 1. The summed E-state index contributed by atoms with van der Waals surface area (Å²) in [5.74, 6) is 0.0951. The van der Waals surface area contributed by atoms with Crippen LogP contribution in [-0.2, 0) is 0 Å². The molecule has 1 aliphatic carbocycles. The Morgan fingerprint density at radius 2 is 2.05 bits per heavy atom. The predicted molar refractivity (Wildman–Crippen MR) is 89.0 cm³/mol. The fourth-order valence-corrected chi connectivity index (χ4v) is 3.85. The zero-order valence-corrected chi connectivity index (χ0v) is 13.9. The Balaban J connectivity index is 1.82. The van der Waals surface area contributed by atoms with Crippen LogP contribution in [0.2, 0.25) is 0 Å². The van der Waals surface area contributed by atoms with Gasteiger partial charge in [-0.2, -0.15) is 0 Å². The van der Waals surface area contributed by atoms with Crippen LogP contribution in [0.4, 0.5) is 0 Å². The zero-order chi connectivity index (χ0) is 15.5. The maximum Gasteiger partial charge on any atom is 0.253 e.